The van der Waals surface area contributed by atoms with Gasteiger partial charge in [0.25, 0.3) is 0 Å². The highest BCUT2D eigenvalue weighted by atomic mass is 35.5. The van der Waals surface area contributed by atoms with E-state index in [-0.39, 0.29) is 12.4 Å². The first-order valence-corrected chi connectivity index (χ1v) is 6.80. The van der Waals surface area contributed by atoms with Crippen LogP contribution in [0.15, 0.2) is 24.3 Å². The van der Waals surface area contributed by atoms with Gasteiger partial charge in [-0.2, -0.15) is 0 Å². The Kier molecular flexibility index (Phi) is 6.51. The lowest BCUT2D eigenvalue weighted by atomic mass is 10.0. The highest BCUT2D eigenvalue weighted by Crippen LogP contribution is 2.26. The van der Waals surface area contributed by atoms with Crippen molar-refractivity contribution in [1.29, 1.82) is 0 Å². The molecule has 0 spiro atoms. The Balaban J connectivity index is 0.00000162. The lowest BCUT2D eigenvalue weighted by Gasteiger charge is -2.34. The van der Waals surface area contributed by atoms with Crippen molar-refractivity contribution in [2.75, 3.05) is 19.7 Å². The zero-order valence-electron chi connectivity index (χ0n) is 11.4. The van der Waals surface area contributed by atoms with Crippen LogP contribution in [-0.4, -0.2) is 30.6 Å². The molecule has 18 heavy (non-hydrogen) atoms. The summed E-state index contributed by atoms with van der Waals surface area (Å²) in [6.45, 7) is 7.71. The summed E-state index contributed by atoms with van der Waals surface area (Å²) in [7, 11) is 0. The Morgan fingerprint density at radius 1 is 1.17 bits per heavy atom. The molecule has 1 aromatic rings. The second kappa shape index (κ2) is 7.65. The number of hydrogen-bond acceptors (Lipinski definition) is 2. The van der Waals surface area contributed by atoms with Gasteiger partial charge in [-0.05, 0) is 44.0 Å². The molecule has 1 aliphatic heterocycles. The molecule has 1 aliphatic rings. The van der Waals surface area contributed by atoms with Gasteiger partial charge in [0, 0.05) is 6.04 Å². The topological polar surface area (TPSA) is 12.5 Å². The molecule has 0 radical (unpaired) electrons. The van der Waals surface area contributed by atoms with Crippen LogP contribution >= 0.6 is 12.4 Å². The third-order valence-corrected chi connectivity index (χ3v) is 3.40. The molecule has 1 heterocycles. The van der Waals surface area contributed by atoms with Crippen molar-refractivity contribution < 1.29 is 4.74 Å². The molecule has 0 aliphatic carbocycles. The first-order valence-electron chi connectivity index (χ1n) is 6.80. The van der Waals surface area contributed by atoms with E-state index >= 15 is 0 Å². The first kappa shape index (κ1) is 15.3. The van der Waals surface area contributed by atoms with E-state index in [1.54, 1.807) is 0 Å². The summed E-state index contributed by atoms with van der Waals surface area (Å²) in [5, 5.41) is 0. The van der Waals surface area contributed by atoms with Crippen molar-refractivity contribution in [3.05, 3.63) is 29.8 Å². The minimum Gasteiger partial charge on any atom is -0.492 e. The second-order valence-corrected chi connectivity index (χ2v) is 4.81. The summed E-state index contributed by atoms with van der Waals surface area (Å²) in [6, 6.07) is 8.99. The maximum atomic E-state index is 5.87. The van der Waals surface area contributed by atoms with Crippen molar-refractivity contribution in [2.45, 2.75) is 39.2 Å². The van der Waals surface area contributed by atoms with Crippen molar-refractivity contribution >= 4 is 12.4 Å². The number of fused-ring (bicyclic) bond motifs is 1. The van der Waals surface area contributed by atoms with Gasteiger partial charge in [-0.3, -0.25) is 4.90 Å². The minimum absolute atomic E-state index is 0. The molecule has 1 unspecified atom stereocenters. The van der Waals surface area contributed by atoms with Crippen LogP contribution in [-0.2, 0) is 6.42 Å². The van der Waals surface area contributed by atoms with Gasteiger partial charge in [-0.1, -0.05) is 32.0 Å². The Hall–Kier alpha value is -0.730. The van der Waals surface area contributed by atoms with Crippen molar-refractivity contribution in [2.24, 2.45) is 0 Å². The van der Waals surface area contributed by atoms with Gasteiger partial charge in [0.05, 0.1) is 0 Å². The zero-order valence-corrected chi connectivity index (χ0v) is 12.2. The van der Waals surface area contributed by atoms with E-state index in [0.29, 0.717) is 6.04 Å². The largest absolute Gasteiger partial charge is 0.492 e. The summed E-state index contributed by atoms with van der Waals surface area (Å²) < 4.78 is 5.87. The standard InChI is InChI=1S/C15H23NO.ClH/c1-3-9-16(10-4-2)14-11-13-7-5-6-8-15(13)17-12-14;/h5-8,14H,3-4,9-12H2,1-2H3;1H. The van der Waals surface area contributed by atoms with E-state index < -0.39 is 0 Å². The molecule has 0 saturated heterocycles. The third-order valence-electron chi connectivity index (χ3n) is 3.40. The average Bonchev–Trinajstić information content (AvgIpc) is 2.38. The summed E-state index contributed by atoms with van der Waals surface area (Å²) in [5.41, 5.74) is 1.36. The molecule has 0 saturated carbocycles. The Labute approximate surface area is 117 Å². The van der Waals surface area contributed by atoms with E-state index in [1.807, 2.05) is 0 Å². The van der Waals surface area contributed by atoms with Crippen LogP contribution in [0.4, 0.5) is 0 Å². The van der Waals surface area contributed by atoms with Gasteiger partial charge >= 0.3 is 0 Å². The first-order chi connectivity index (χ1) is 8.35. The Bertz CT molecular complexity index is 350. The number of para-hydroxylation sites is 1. The van der Waals surface area contributed by atoms with Crippen LogP contribution in [0.2, 0.25) is 0 Å². The number of rotatable bonds is 5. The number of halogens is 1. The molecular weight excluding hydrogens is 246 g/mol. The molecule has 0 fully saturated rings. The quantitative estimate of drug-likeness (QED) is 0.811. The molecule has 1 aromatic carbocycles. The molecular formula is C15H24ClNO. The minimum atomic E-state index is 0. The van der Waals surface area contributed by atoms with Gasteiger partial charge in [0.2, 0.25) is 0 Å². The Morgan fingerprint density at radius 3 is 2.50 bits per heavy atom. The summed E-state index contributed by atoms with van der Waals surface area (Å²) >= 11 is 0. The fraction of sp³-hybridized carbons (Fsp3) is 0.600. The molecule has 2 nitrogen and oxygen atoms in total. The highest BCUT2D eigenvalue weighted by Gasteiger charge is 2.24. The molecule has 0 bridgehead atoms. The van der Waals surface area contributed by atoms with Crippen LogP contribution < -0.4 is 4.74 Å². The van der Waals surface area contributed by atoms with Gasteiger partial charge < -0.3 is 4.74 Å². The van der Waals surface area contributed by atoms with E-state index in [2.05, 4.69) is 43.0 Å². The predicted molar refractivity (Wildman–Crippen MR) is 78.8 cm³/mol. The SMILES string of the molecule is CCCN(CCC)C1COc2ccccc2C1.Cl. The van der Waals surface area contributed by atoms with E-state index in [0.717, 1.165) is 18.8 Å². The van der Waals surface area contributed by atoms with E-state index in [9.17, 15) is 0 Å². The molecule has 1 atom stereocenters. The zero-order chi connectivity index (χ0) is 12.1. The molecule has 2 rings (SSSR count). The lowest BCUT2D eigenvalue weighted by Crippen LogP contribution is -2.43. The lowest BCUT2D eigenvalue weighted by molar-refractivity contribution is 0.119. The molecule has 3 heteroatoms. The van der Waals surface area contributed by atoms with Crippen molar-refractivity contribution in [3.63, 3.8) is 0 Å². The van der Waals surface area contributed by atoms with Gasteiger partial charge in [0.1, 0.15) is 12.4 Å². The van der Waals surface area contributed by atoms with Crippen molar-refractivity contribution in [1.82, 2.24) is 4.90 Å². The van der Waals surface area contributed by atoms with Gasteiger partial charge in [-0.15, -0.1) is 12.4 Å². The number of hydrogen-bond donors (Lipinski definition) is 0. The van der Waals surface area contributed by atoms with Gasteiger partial charge in [-0.25, -0.2) is 0 Å². The maximum absolute atomic E-state index is 5.87. The maximum Gasteiger partial charge on any atom is 0.122 e. The van der Waals surface area contributed by atoms with Crippen LogP contribution in [0.5, 0.6) is 5.75 Å². The second-order valence-electron chi connectivity index (χ2n) is 4.81. The van der Waals surface area contributed by atoms with Crippen LogP contribution in [0.1, 0.15) is 32.3 Å². The van der Waals surface area contributed by atoms with Crippen LogP contribution in [0.3, 0.4) is 0 Å². The van der Waals surface area contributed by atoms with Gasteiger partial charge in [0.15, 0.2) is 0 Å². The predicted octanol–water partition coefficient (Wildman–Crippen LogP) is 3.53. The molecule has 0 amide bonds. The monoisotopic (exact) mass is 269 g/mol. The third kappa shape index (κ3) is 3.63. The van der Waals surface area contributed by atoms with E-state index in [1.165, 1.54) is 31.5 Å². The smallest absolute Gasteiger partial charge is 0.122 e. The number of ether oxygens (including phenoxy) is 1. The molecule has 0 N–H and O–H groups in total. The number of nitrogens with zero attached hydrogens (tertiary/aromatic N) is 1. The van der Waals surface area contributed by atoms with Crippen LogP contribution in [0.25, 0.3) is 0 Å². The Morgan fingerprint density at radius 2 is 1.83 bits per heavy atom. The number of benzene rings is 1. The normalized spacial score (nSPS) is 17.8. The van der Waals surface area contributed by atoms with Crippen LogP contribution in [0, 0.1) is 0 Å². The fourth-order valence-electron chi connectivity index (χ4n) is 2.60. The van der Waals surface area contributed by atoms with Crippen molar-refractivity contribution in [3.8, 4) is 5.75 Å². The summed E-state index contributed by atoms with van der Waals surface area (Å²) in [5.74, 6) is 1.08. The summed E-state index contributed by atoms with van der Waals surface area (Å²) in [4.78, 5) is 2.58. The molecule has 102 valence electrons. The highest BCUT2D eigenvalue weighted by molar-refractivity contribution is 5.85. The summed E-state index contributed by atoms with van der Waals surface area (Å²) in [6.07, 6.45) is 3.58. The molecule has 0 aromatic heterocycles. The van der Waals surface area contributed by atoms with E-state index in [4.69, 9.17) is 4.74 Å². The average molecular weight is 270 g/mol. The fourth-order valence-corrected chi connectivity index (χ4v) is 2.60.